The molecule has 0 fully saturated rings. The van der Waals surface area contributed by atoms with Gasteiger partial charge in [-0.15, -0.1) is 0 Å². The third kappa shape index (κ3) is 1.40. The summed E-state index contributed by atoms with van der Waals surface area (Å²) in [6, 6.07) is 6.11. The van der Waals surface area contributed by atoms with Crippen molar-refractivity contribution in [3.63, 3.8) is 0 Å². The Morgan fingerprint density at radius 2 is 2.20 bits per heavy atom. The number of halogens is 1. The summed E-state index contributed by atoms with van der Waals surface area (Å²) in [6.07, 6.45) is 2.88. The van der Waals surface area contributed by atoms with E-state index in [1.54, 1.807) is 0 Å². The van der Waals surface area contributed by atoms with Crippen LogP contribution in [0.1, 0.15) is 11.1 Å². The first-order valence-electron chi connectivity index (χ1n) is 3.04. The zero-order valence-electron chi connectivity index (χ0n) is 5.82. The molecule has 0 aliphatic carbocycles. The van der Waals surface area contributed by atoms with Crippen molar-refractivity contribution in [1.29, 1.82) is 0 Å². The predicted molar refractivity (Wildman–Crippen MR) is 51.9 cm³/mol. The number of hydrogen-bond donors (Lipinski definition) is 0. The first-order chi connectivity index (χ1) is 4.75. The summed E-state index contributed by atoms with van der Waals surface area (Å²) in [5.74, 6) is 0. The molecule has 1 aromatic carbocycles. The van der Waals surface area contributed by atoms with Crippen LogP contribution in [-0.2, 0) is 0 Å². The summed E-state index contributed by atoms with van der Waals surface area (Å²) >= 11 is 2.31. The van der Waals surface area contributed by atoms with Gasteiger partial charge in [0.05, 0.1) is 0 Å². The molecule has 0 aliphatic rings. The lowest BCUT2D eigenvalue weighted by Crippen LogP contribution is -1.84. The summed E-state index contributed by atoms with van der Waals surface area (Å²) in [5.41, 5.74) is 2.37. The molecule has 0 amide bonds. The first kappa shape index (κ1) is 7.79. The Kier molecular flexibility index (Phi) is 2.49. The Labute approximate surface area is 75.1 Å². The minimum atomic E-state index is 1.10. The monoisotopic (exact) mass is 243 g/mol. The number of benzene rings is 1. The molecule has 51 valence electrons. The standard InChI is InChI=1S/C9H8I/c1-3-8-5-4-6-9(10)7(8)2/h4-6H,1H2,2H3. The fourth-order valence-corrected chi connectivity index (χ4v) is 1.30. The zero-order valence-corrected chi connectivity index (χ0v) is 7.97. The van der Waals surface area contributed by atoms with Crippen LogP contribution >= 0.6 is 22.6 Å². The molecule has 1 heteroatoms. The van der Waals surface area contributed by atoms with Crippen LogP contribution in [0.5, 0.6) is 0 Å². The summed E-state index contributed by atoms with van der Waals surface area (Å²) < 4.78 is 1.27. The first-order valence-corrected chi connectivity index (χ1v) is 4.12. The third-order valence-corrected chi connectivity index (χ3v) is 2.63. The Bertz CT molecular complexity index is 251. The molecule has 1 radical (unpaired) electrons. The average Bonchev–Trinajstić information content (AvgIpc) is 1.95. The molecular formula is C9H8I. The van der Waals surface area contributed by atoms with Crippen LogP contribution in [0.2, 0.25) is 0 Å². The maximum atomic E-state index is 3.60. The largest absolute Gasteiger partial charge is 0.0905 e. The predicted octanol–water partition coefficient (Wildman–Crippen LogP) is 2.94. The number of hydrogen-bond acceptors (Lipinski definition) is 0. The highest BCUT2D eigenvalue weighted by atomic mass is 127. The van der Waals surface area contributed by atoms with Crippen LogP contribution in [-0.4, -0.2) is 0 Å². The van der Waals surface area contributed by atoms with Crippen LogP contribution in [0.4, 0.5) is 0 Å². The summed E-state index contributed by atoms with van der Waals surface area (Å²) in [7, 11) is 0. The Balaban J connectivity index is 3.27. The highest BCUT2D eigenvalue weighted by molar-refractivity contribution is 14.1. The van der Waals surface area contributed by atoms with E-state index in [2.05, 4.69) is 48.2 Å². The van der Waals surface area contributed by atoms with Crippen LogP contribution in [0, 0.1) is 16.6 Å². The van der Waals surface area contributed by atoms with Gasteiger partial charge in [0.1, 0.15) is 0 Å². The van der Waals surface area contributed by atoms with E-state index in [-0.39, 0.29) is 0 Å². The lowest BCUT2D eigenvalue weighted by atomic mass is 10.1. The molecule has 1 aromatic rings. The summed E-state index contributed by atoms with van der Waals surface area (Å²) in [6.45, 7) is 5.68. The summed E-state index contributed by atoms with van der Waals surface area (Å²) in [4.78, 5) is 0. The second kappa shape index (κ2) is 3.19. The molecule has 1 rings (SSSR count). The SMILES string of the molecule is C=[C]c1cccc(I)c1C. The van der Waals surface area contributed by atoms with Crippen LogP contribution in [0.25, 0.3) is 0 Å². The maximum absolute atomic E-state index is 3.60. The normalized spacial score (nSPS) is 9.40. The van der Waals surface area contributed by atoms with Gasteiger partial charge >= 0.3 is 0 Å². The third-order valence-electron chi connectivity index (χ3n) is 1.46. The molecule has 0 N–H and O–H groups in total. The molecular weight excluding hydrogens is 235 g/mol. The van der Waals surface area contributed by atoms with Crippen LogP contribution in [0.15, 0.2) is 24.8 Å². The van der Waals surface area contributed by atoms with Gasteiger partial charge < -0.3 is 0 Å². The van der Waals surface area contributed by atoms with Gasteiger partial charge in [-0.3, -0.25) is 0 Å². The van der Waals surface area contributed by atoms with Crippen molar-refractivity contribution >= 4 is 22.6 Å². The van der Waals surface area contributed by atoms with Crippen molar-refractivity contribution in [2.75, 3.05) is 0 Å². The van der Waals surface area contributed by atoms with Crippen molar-refractivity contribution in [3.8, 4) is 0 Å². The highest BCUT2D eigenvalue weighted by Crippen LogP contribution is 2.14. The second-order valence-corrected chi connectivity index (χ2v) is 3.25. The van der Waals surface area contributed by atoms with Gasteiger partial charge in [0.25, 0.3) is 0 Å². The van der Waals surface area contributed by atoms with Gasteiger partial charge in [-0.25, -0.2) is 0 Å². The van der Waals surface area contributed by atoms with E-state index in [0.29, 0.717) is 0 Å². The maximum Gasteiger partial charge on any atom is 0.0165 e. The van der Waals surface area contributed by atoms with Crippen molar-refractivity contribution in [1.82, 2.24) is 0 Å². The van der Waals surface area contributed by atoms with Crippen molar-refractivity contribution in [2.24, 2.45) is 0 Å². The van der Waals surface area contributed by atoms with E-state index >= 15 is 0 Å². The van der Waals surface area contributed by atoms with Gasteiger partial charge in [0.15, 0.2) is 0 Å². The van der Waals surface area contributed by atoms with E-state index < -0.39 is 0 Å². The molecule has 0 spiro atoms. The molecule has 0 atom stereocenters. The Morgan fingerprint density at radius 1 is 1.50 bits per heavy atom. The average molecular weight is 243 g/mol. The Morgan fingerprint density at radius 3 is 2.70 bits per heavy atom. The second-order valence-electron chi connectivity index (χ2n) is 2.09. The van der Waals surface area contributed by atoms with Crippen molar-refractivity contribution in [3.05, 3.63) is 45.6 Å². The summed E-state index contributed by atoms with van der Waals surface area (Å²) in [5, 5.41) is 0. The molecule has 0 unspecified atom stereocenters. The van der Waals surface area contributed by atoms with Gasteiger partial charge in [-0.2, -0.15) is 0 Å². The molecule has 0 aliphatic heterocycles. The molecule has 10 heavy (non-hydrogen) atoms. The zero-order chi connectivity index (χ0) is 7.56. The van der Waals surface area contributed by atoms with E-state index in [4.69, 9.17) is 0 Å². The Hall–Kier alpha value is -0.310. The molecule has 0 aromatic heterocycles. The topological polar surface area (TPSA) is 0 Å². The minimum Gasteiger partial charge on any atom is -0.0905 e. The quantitative estimate of drug-likeness (QED) is 0.665. The van der Waals surface area contributed by atoms with E-state index in [1.165, 1.54) is 9.13 Å². The van der Waals surface area contributed by atoms with Gasteiger partial charge in [0, 0.05) is 3.57 Å². The van der Waals surface area contributed by atoms with Gasteiger partial charge in [-0.1, -0.05) is 18.7 Å². The van der Waals surface area contributed by atoms with Crippen LogP contribution < -0.4 is 0 Å². The fourth-order valence-electron chi connectivity index (χ4n) is 0.799. The minimum absolute atomic E-state index is 1.10. The van der Waals surface area contributed by atoms with Crippen molar-refractivity contribution < 1.29 is 0 Å². The van der Waals surface area contributed by atoms with E-state index in [9.17, 15) is 0 Å². The van der Waals surface area contributed by atoms with E-state index in [1.807, 2.05) is 12.1 Å². The number of rotatable bonds is 1. The lowest BCUT2D eigenvalue weighted by Gasteiger charge is -1.99. The molecule has 0 saturated heterocycles. The van der Waals surface area contributed by atoms with Gasteiger partial charge in [-0.05, 0) is 52.8 Å². The van der Waals surface area contributed by atoms with Crippen molar-refractivity contribution in [2.45, 2.75) is 6.92 Å². The fraction of sp³-hybridized carbons (Fsp3) is 0.111. The molecule has 0 heterocycles. The highest BCUT2D eigenvalue weighted by Gasteiger charge is 1.95. The molecule has 0 nitrogen and oxygen atoms in total. The smallest absolute Gasteiger partial charge is 0.0165 e. The lowest BCUT2D eigenvalue weighted by molar-refractivity contribution is 1.37. The van der Waals surface area contributed by atoms with Crippen LogP contribution in [0.3, 0.4) is 0 Å². The molecule has 0 bridgehead atoms. The van der Waals surface area contributed by atoms with Gasteiger partial charge in [0.2, 0.25) is 0 Å². The van der Waals surface area contributed by atoms with E-state index in [0.717, 1.165) is 5.56 Å². The molecule has 0 saturated carbocycles.